The minimum atomic E-state index is -0.171. The maximum atomic E-state index is 13.8. The van der Waals surface area contributed by atoms with Gasteiger partial charge in [0.25, 0.3) is 0 Å². The van der Waals surface area contributed by atoms with E-state index in [1.54, 1.807) is 6.07 Å². The highest BCUT2D eigenvalue weighted by molar-refractivity contribution is 9.10. The van der Waals surface area contributed by atoms with Crippen molar-refractivity contribution in [2.45, 2.75) is 25.9 Å². The van der Waals surface area contributed by atoms with Crippen LogP contribution in [0.3, 0.4) is 0 Å². The molecule has 0 radical (unpaired) electrons. The van der Waals surface area contributed by atoms with Crippen LogP contribution in [-0.2, 0) is 13.0 Å². The van der Waals surface area contributed by atoms with Crippen molar-refractivity contribution in [1.29, 1.82) is 0 Å². The number of benzene rings is 2. The summed E-state index contributed by atoms with van der Waals surface area (Å²) >= 11 is 3.49. The summed E-state index contributed by atoms with van der Waals surface area (Å²) in [6.07, 6.45) is 0.788. The average molecular weight is 351 g/mol. The fourth-order valence-electron chi connectivity index (χ4n) is 2.40. The van der Waals surface area contributed by atoms with E-state index >= 15 is 0 Å². The van der Waals surface area contributed by atoms with Crippen molar-refractivity contribution in [2.24, 2.45) is 5.73 Å². The summed E-state index contributed by atoms with van der Waals surface area (Å²) in [5.41, 5.74) is 8.86. The number of halogens is 2. The molecule has 21 heavy (non-hydrogen) atoms. The lowest BCUT2D eigenvalue weighted by molar-refractivity contribution is 0.607. The molecule has 2 rings (SSSR count). The topological polar surface area (TPSA) is 29.3 Å². The van der Waals surface area contributed by atoms with E-state index in [4.69, 9.17) is 5.73 Å². The summed E-state index contributed by atoms with van der Waals surface area (Å²) in [5.74, 6) is -0.171. The normalized spacial score (nSPS) is 12.2. The van der Waals surface area contributed by atoms with Gasteiger partial charge in [0.15, 0.2) is 0 Å². The molecule has 0 bridgehead atoms. The third-order valence-electron chi connectivity index (χ3n) is 3.36. The molecule has 2 aromatic rings. The van der Waals surface area contributed by atoms with Gasteiger partial charge in [-0.15, -0.1) is 0 Å². The van der Waals surface area contributed by atoms with Crippen LogP contribution in [-0.4, -0.2) is 13.1 Å². The SMILES string of the molecule is CC(N)Cc1cc(Br)ccc1N(C)Cc1ccccc1F. The molecule has 1 unspecified atom stereocenters. The van der Waals surface area contributed by atoms with Crippen molar-refractivity contribution in [3.8, 4) is 0 Å². The van der Waals surface area contributed by atoms with Gasteiger partial charge in [-0.05, 0) is 43.2 Å². The second-order valence-electron chi connectivity index (χ2n) is 5.40. The van der Waals surface area contributed by atoms with Crippen LogP contribution in [0.15, 0.2) is 46.9 Å². The second kappa shape index (κ2) is 7.05. The molecule has 112 valence electrons. The molecule has 0 aliphatic heterocycles. The molecule has 0 aromatic heterocycles. The van der Waals surface area contributed by atoms with Crippen LogP contribution < -0.4 is 10.6 Å². The quantitative estimate of drug-likeness (QED) is 0.878. The summed E-state index contributed by atoms with van der Waals surface area (Å²) in [7, 11) is 1.97. The molecule has 0 aliphatic rings. The Bertz CT molecular complexity index is 613. The molecule has 2 aromatic carbocycles. The molecule has 0 heterocycles. The largest absolute Gasteiger partial charge is 0.370 e. The smallest absolute Gasteiger partial charge is 0.128 e. The molecular weight excluding hydrogens is 331 g/mol. The monoisotopic (exact) mass is 350 g/mol. The number of anilines is 1. The minimum Gasteiger partial charge on any atom is -0.370 e. The van der Waals surface area contributed by atoms with Crippen molar-refractivity contribution < 1.29 is 4.39 Å². The van der Waals surface area contributed by atoms with E-state index in [9.17, 15) is 4.39 Å². The number of nitrogens with zero attached hydrogens (tertiary/aromatic N) is 1. The van der Waals surface area contributed by atoms with E-state index in [0.717, 1.165) is 16.6 Å². The van der Waals surface area contributed by atoms with Gasteiger partial charge in [0.1, 0.15) is 5.82 Å². The van der Waals surface area contributed by atoms with E-state index in [1.807, 2.05) is 38.2 Å². The molecular formula is C17H20BrFN2. The van der Waals surface area contributed by atoms with Gasteiger partial charge in [-0.1, -0.05) is 34.1 Å². The van der Waals surface area contributed by atoms with Gasteiger partial charge < -0.3 is 10.6 Å². The zero-order valence-corrected chi connectivity index (χ0v) is 13.9. The first-order valence-electron chi connectivity index (χ1n) is 6.96. The van der Waals surface area contributed by atoms with Crippen molar-refractivity contribution in [3.63, 3.8) is 0 Å². The van der Waals surface area contributed by atoms with Crippen molar-refractivity contribution in [2.75, 3.05) is 11.9 Å². The molecule has 0 spiro atoms. The summed E-state index contributed by atoms with van der Waals surface area (Å²) < 4.78 is 14.8. The van der Waals surface area contributed by atoms with Crippen molar-refractivity contribution in [1.82, 2.24) is 0 Å². The molecule has 0 amide bonds. The predicted octanol–water partition coefficient (Wildman–Crippen LogP) is 4.11. The predicted molar refractivity (Wildman–Crippen MR) is 90.0 cm³/mol. The lowest BCUT2D eigenvalue weighted by atomic mass is 10.0. The van der Waals surface area contributed by atoms with E-state index in [1.165, 1.54) is 11.6 Å². The van der Waals surface area contributed by atoms with Crippen LogP contribution >= 0.6 is 15.9 Å². The van der Waals surface area contributed by atoms with Crippen LogP contribution in [0.2, 0.25) is 0 Å². The highest BCUT2D eigenvalue weighted by Crippen LogP contribution is 2.26. The average Bonchev–Trinajstić information content (AvgIpc) is 2.40. The standard InChI is InChI=1S/C17H20BrFN2/c1-12(20)9-14-10-15(18)7-8-17(14)21(2)11-13-5-3-4-6-16(13)19/h3-8,10,12H,9,11,20H2,1-2H3. The van der Waals surface area contributed by atoms with Crippen LogP contribution in [0.25, 0.3) is 0 Å². The highest BCUT2D eigenvalue weighted by Gasteiger charge is 2.12. The van der Waals surface area contributed by atoms with E-state index in [2.05, 4.69) is 26.9 Å². The van der Waals surface area contributed by atoms with Crippen molar-refractivity contribution in [3.05, 3.63) is 63.9 Å². The third-order valence-corrected chi connectivity index (χ3v) is 3.85. The fourth-order valence-corrected chi connectivity index (χ4v) is 2.81. The Kier molecular flexibility index (Phi) is 5.37. The second-order valence-corrected chi connectivity index (χ2v) is 6.32. The Balaban J connectivity index is 2.26. The summed E-state index contributed by atoms with van der Waals surface area (Å²) in [4.78, 5) is 2.06. The highest BCUT2D eigenvalue weighted by atomic mass is 79.9. The molecule has 1 atom stereocenters. The summed E-state index contributed by atoms with van der Waals surface area (Å²) in [6.45, 7) is 2.52. The maximum absolute atomic E-state index is 13.8. The molecule has 0 saturated heterocycles. The van der Waals surface area contributed by atoms with Crippen LogP contribution in [0, 0.1) is 5.82 Å². The molecule has 0 aliphatic carbocycles. The Hall–Kier alpha value is -1.39. The number of hydrogen-bond donors (Lipinski definition) is 1. The lowest BCUT2D eigenvalue weighted by Gasteiger charge is -2.24. The van der Waals surface area contributed by atoms with E-state index in [-0.39, 0.29) is 11.9 Å². The summed E-state index contributed by atoms with van der Waals surface area (Å²) in [5, 5.41) is 0. The van der Waals surface area contributed by atoms with Crippen LogP contribution in [0.5, 0.6) is 0 Å². The molecule has 2 nitrogen and oxygen atoms in total. The van der Waals surface area contributed by atoms with E-state index in [0.29, 0.717) is 12.1 Å². The van der Waals surface area contributed by atoms with Gasteiger partial charge in [0.2, 0.25) is 0 Å². The molecule has 2 N–H and O–H groups in total. The number of hydrogen-bond acceptors (Lipinski definition) is 2. The molecule has 4 heteroatoms. The van der Waals surface area contributed by atoms with Gasteiger partial charge in [-0.2, -0.15) is 0 Å². The van der Waals surface area contributed by atoms with Crippen molar-refractivity contribution >= 4 is 21.6 Å². The van der Waals surface area contributed by atoms with Gasteiger partial charge in [0, 0.05) is 35.4 Å². The fraction of sp³-hybridized carbons (Fsp3) is 0.294. The first kappa shape index (κ1) is 16.0. The van der Waals surface area contributed by atoms with Gasteiger partial charge in [0.05, 0.1) is 0 Å². The zero-order chi connectivity index (χ0) is 15.4. The Morgan fingerprint density at radius 1 is 1.19 bits per heavy atom. The summed E-state index contributed by atoms with van der Waals surface area (Å²) in [6, 6.07) is 13.1. The Labute approximate surface area is 133 Å². The Morgan fingerprint density at radius 3 is 2.57 bits per heavy atom. The van der Waals surface area contributed by atoms with E-state index < -0.39 is 0 Å². The number of nitrogens with two attached hydrogens (primary N) is 1. The zero-order valence-electron chi connectivity index (χ0n) is 12.3. The minimum absolute atomic E-state index is 0.0833. The Morgan fingerprint density at radius 2 is 1.90 bits per heavy atom. The van der Waals surface area contributed by atoms with Gasteiger partial charge >= 0.3 is 0 Å². The van der Waals surface area contributed by atoms with Gasteiger partial charge in [-0.25, -0.2) is 4.39 Å². The van der Waals surface area contributed by atoms with Crippen LogP contribution in [0.4, 0.5) is 10.1 Å². The van der Waals surface area contributed by atoms with Gasteiger partial charge in [-0.3, -0.25) is 0 Å². The first-order chi connectivity index (χ1) is 9.97. The first-order valence-corrected chi connectivity index (χ1v) is 7.75. The lowest BCUT2D eigenvalue weighted by Crippen LogP contribution is -2.22. The molecule has 0 fully saturated rings. The maximum Gasteiger partial charge on any atom is 0.128 e. The van der Waals surface area contributed by atoms with Crippen LogP contribution in [0.1, 0.15) is 18.1 Å². The number of rotatable bonds is 5. The molecule has 0 saturated carbocycles. The third kappa shape index (κ3) is 4.29.